The second-order valence-corrected chi connectivity index (χ2v) is 7.11. The van der Waals surface area contributed by atoms with Crippen LogP contribution in [-0.4, -0.2) is 67.6 Å². The van der Waals surface area contributed by atoms with E-state index in [4.69, 9.17) is 16.3 Å². The predicted octanol–water partition coefficient (Wildman–Crippen LogP) is 1.84. The number of likely N-dealkylation sites (tertiary alicyclic amines) is 1. The van der Waals surface area contributed by atoms with E-state index < -0.39 is 0 Å². The van der Waals surface area contributed by atoms with Crippen LogP contribution in [0.2, 0.25) is 5.02 Å². The number of nitrogens with zero attached hydrogens (tertiary/aromatic N) is 2. The second-order valence-electron chi connectivity index (χ2n) is 6.73. The van der Waals surface area contributed by atoms with E-state index in [1.54, 1.807) is 0 Å². The Morgan fingerprint density at radius 2 is 1.92 bits per heavy atom. The Bertz CT molecular complexity index is 579. The van der Waals surface area contributed by atoms with Crippen molar-refractivity contribution in [2.75, 3.05) is 45.9 Å². The Morgan fingerprint density at radius 1 is 1.25 bits per heavy atom. The van der Waals surface area contributed by atoms with Gasteiger partial charge in [0.1, 0.15) is 5.75 Å². The Balaban J connectivity index is 1.50. The molecular formula is C18H26ClN3O2. The average Bonchev–Trinajstić information content (AvgIpc) is 3.08. The topological polar surface area (TPSA) is 44.8 Å². The number of halogens is 1. The van der Waals surface area contributed by atoms with Gasteiger partial charge in [-0.05, 0) is 43.5 Å². The standard InChI is InChI=1S/C18H26ClN3O2/c1-13-9-16(10-14(2)18(13)19)24-12-17(23)22-6-3-15(11-22)21-7-4-20-5-8-21/h9-10,15,20H,3-8,11-12H2,1-2H3. The lowest BCUT2D eigenvalue weighted by Crippen LogP contribution is -2.49. The largest absolute Gasteiger partial charge is 0.484 e. The zero-order valence-electron chi connectivity index (χ0n) is 14.5. The normalized spacial score (nSPS) is 22.0. The van der Waals surface area contributed by atoms with Gasteiger partial charge >= 0.3 is 0 Å². The summed E-state index contributed by atoms with van der Waals surface area (Å²) in [5.41, 5.74) is 1.94. The molecule has 2 saturated heterocycles. The van der Waals surface area contributed by atoms with Crippen molar-refractivity contribution in [1.82, 2.24) is 15.1 Å². The highest BCUT2D eigenvalue weighted by atomic mass is 35.5. The van der Waals surface area contributed by atoms with Crippen LogP contribution in [0.25, 0.3) is 0 Å². The average molecular weight is 352 g/mol. The summed E-state index contributed by atoms with van der Waals surface area (Å²) in [5, 5.41) is 4.13. The van der Waals surface area contributed by atoms with E-state index in [-0.39, 0.29) is 12.5 Å². The lowest BCUT2D eigenvalue weighted by Gasteiger charge is -2.32. The summed E-state index contributed by atoms with van der Waals surface area (Å²) in [4.78, 5) is 16.9. The van der Waals surface area contributed by atoms with Crippen molar-refractivity contribution >= 4 is 17.5 Å². The van der Waals surface area contributed by atoms with Crippen molar-refractivity contribution in [2.24, 2.45) is 0 Å². The first-order valence-electron chi connectivity index (χ1n) is 8.66. The third-order valence-electron chi connectivity index (χ3n) is 4.96. The number of hydrogen-bond donors (Lipinski definition) is 1. The Labute approximate surface area is 148 Å². The molecule has 5 nitrogen and oxygen atoms in total. The van der Waals surface area contributed by atoms with E-state index in [0.29, 0.717) is 11.8 Å². The van der Waals surface area contributed by atoms with Crippen molar-refractivity contribution in [3.63, 3.8) is 0 Å². The molecule has 0 aliphatic carbocycles. The van der Waals surface area contributed by atoms with Crippen molar-refractivity contribution in [3.8, 4) is 5.75 Å². The summed E-state index contributed by atoms with van der Waals surface area (Å²) in [6.07, 6.45) is 1.06. The van der Waals surface area contributed by atoms with Crippen LogP contribution in [0.3, 0.4) is 0 Å². The predicted molar refractivity (Wildman–Crippen MR) is 95.8 cm³/mol. The molecule has 0 aromatic heterocycles. The smallest absolute Gasteiger partial charge is 0.260 e. The molecule has 132 valence electrons. The molecule has 6 heteroatoms. The minimum atomic E-state index is 0.0675. The molecule has 0 radical (unpaired) electrons. The maximum Gasteiger partial charge on any atom is 0.260 e. The number of nitrogens with one attached hydrogen (secondary N) is 1. The molecule has 1 unspecified atom stereocenters. The number of piperazine rings is 1. The van der Waals surface area contributed by atoms with Gasteiger partial charge in [0.15, 0.2) is 6.61 Å². The van der Waals surface area contributed by atoms with Gasteiger partial charge in [0.25, 0.3) is 5.91 Å². The van der Waals surface area contributed by atoms with Crippen molar-refractivity contribution < 1.29 is 9.53 Å². The SMILES string of the molecule is Cc1cc(OCC(=O)N2CCC(N3CCNCC3)C2)cc(C)c1Cl. The molecule has 0 bridgehead atoms. The molecule has 24 heavy (non-hydrogen) atoms. The van der Waals surface area contributed by atoms with Gasteiger partial charge in [-0.15, -0.1) is 0 Å². The third kappa shape index (κ3) is 4.02. The lowest BCUT2D eigenvalue weighted by atomic mass is 10.1. The van der Waals surface area contributed by atoms with E-state index in [0.717, 1.165) is 61.8 Å². The van der Waals surface area contributed by atoms with Crippen LogP contribution in [0.15, 0.2) is 12.1 Å². The van der Waals surface area contributed by atoms with Gasteiger partial charge in [0, 0.05) is 50.3 Å². The molecule has 1 amide bonds. The maximum atomic E-state index is 12.4. The molecule has 3 rings (SSSR count). The third-order valence-corrected chi connectivity index (χ3v) is 5.55. The van der Waals surface area contributed by atoms with Crippen LogP contribution in [0.1, 0.15) is 17.5 Å². The highest BCUT2D eigenvalue weighted by molar-refractivity contribution is 6.32. The van der Waals surface area contributed by atoms with Gasteiger partial charge < -0.3 is 15.0 Å². The van der Waals surface area contributed by atoms with Gasteiger partial charge in [-0.3, -0.25) is 9.69 Å². The van der Waals surface area contributed by atoms with Crippen LogP contribution >= 0.6 is 11.6 Å². The Morgan fingerprint density at radius 3 is 2.58 bits per heavy atom. The van der Waals surface area contributed by atoms with Crippen LogP contribution in [0.4, 0.5) is 0 Å². The van der Waals surface area contributed by atoms with Gasteiger partial charge in [-0.2, -0.15) is 0 Å². The molecular weight excluding hydrogens is 326 g/mol. The quantitative estimate of drug-likeness (QED) is 0.899. The van der Waals surface area contributed by atoms with Crippen LogP contribution in [0, 0.1) is 13.8 Å². The molecule has 1 aromatic rings. The van der Waals surface area contributed by atoms with Crippen molar-refractivity contribution in [2.45, 2.75) is 26.3 Å². The molecule has 2 aliphatic rings. The van der Waals surface area contributed by atoms with Gasteiger partial charge in [0.05, 0.1) is 0 Å². The number of carbonyl (C=O) groups is 1. The fourth-order valence-electron chi connectivity index (χ4n) is 3.54. The van der Waals surface area contributed by atoms with Gasteiger partial charge in [-0.1, -0.05) is 11.6 Å². The van der Waals surface area contributed by atoms with E-state index in [1.807, 2.05) is 30.9 Å². The van der Waals surface area contributed by atoms with Crippen molar-refractivity contribution in [1.29, 1.82) is 0 Å². The fraction of sp³-hybridized carbons (Fsp3) is 0.611. The summed E-state index contributed by atoms with van der Waals surface area (Å²) in [7, 11) is 0. The molecule has 1 aromatic carbocycles. The zero-order valence-corrected chi connectivity index (χ0v) is 15.2. The first-order valence-corrected chi connectivity index (χ1v) is 9.04. The number of aryl methyl sites for hydroxylation is 2. The second kappa shape index (κ2) is 7.72. The lowest BCUT2D eigenvalue weighted by molar-refractivity contribution is -0.132. The molecule has 2 fully saturated rings. The van der Waals surface area contributed by atoms with E-state index in [1.165, 1.54) is 0 Å². The highest BCUT2D eigenvalue weighted by Crippen LogP contribution is 2.26. The first kappa shape index (κ1) is 17.5. The van der Waals surface area contributed by atoms with Crippen LogP contribution in [0.5, 0.6) is 5.75 Å². The Hall–Kier alpha value is -1.30. The fourth-order valence-corrected chi connectivity index (χ4v) is 3.65. The summed E-state index contributed by atoms with van der Waals surface area (Å²) >= 11 is 6.17. The number of amides is 1. The van der Waals surface area contributed by atoms with Crippen LogP contribution in [-0.2, 0) is 4.79 Å². The Kier molecular flexibility index (Phi) is 5.64. The molecule has 1 atom stereocenters. The maximum absolute atomic E-state index is 12.4. The molecule has 2 heterocycles. The molecule has 0 spiro atoms. The minimum absolute atomic E-state index is 0.0675. The zero-order chi connectivity index (χ0) is 17.1. The number of hydrogen-bond acceptors (Lipinski definition) is 4. The summed E-state index contributed by atoms with van der Waals surface area (Å²) in [6, 6.07) is 4.27. The molecule has 0 saturated carbocycles. The number of ether oxygens (including phenoxy) is 1. The molecule has 2 aliphatic heterocycles. The number of benzene rings is 1. The number of carbonyl (C=O) groups excluding carboxylic acids is 1. The first-order chi connectivity index (χ1) is 11.5. The monoisotopic (exact) mass is 351 g/mol. The van der Waals surface area contributed by atoms with Crippen LogP contribution < -0.4 is 10.1 Å². The van der Waals surface area contributed by atoms with Gasteiger partial charge in [-0.25, -0.2) is 0 Å². The minimum Gasteiger partial charge on any atom is -0.484 e. The van der Waals surface area contributed by atoms with E-state index >= 15 is 0 Å². The van der Waals surface area contributed by atoms with Gasteiger partial charge in [0.2, 0.25) is 0 Å². The molecule has 1 N–H and O–H groups in total. The summed E-state index contributed by atoms with van der Waals surface area (Å²) < 4.78 is 5.70. The number of rotatable bonds is 4. The van der Waals surface area contributed by atoms with E-state index in [2.05, 4.69) is 10.2 Å². The summed E-state index contributed by atoms with van der Waals surface area (Å²) in [6.45, 7) is 9.88. The van der Waals surface area contributed by atoms with E-state index in [9.17, 15) is 4.79 Å². The summed E-state index contributed by atoms with van der Waals surface area (Å²) in [5.74, 6) is 0.776. The van der Waals surface area contributed by atoms with Crippen molar-refractivity contribution in [3.05, 3.63) is 28.3 Å². The highest BCUT2D eigenvalue weighted by Gasteiger charge is 2.30.